The number of carbonyl (C=O) groups excluding carboxylic acids is 2. The number of benzene rings is 2. The van der Waals surface area contributed by atoms with Crippen LogP contribution in [0.4, 0.5) is 0 Å². The number of para-hydroxylation sites is 1. The summed E-state index contributed by atoms with van der Waals surface area (Å²) in [6.07, 6.45) is 0.769. The van der Waals surface area contributed by atoms with Crippen LogP contribution in [0.1, 0.15) is 56.8 Å². The third-order valence-corrected chi connectivity index (χ3v) is 4.90. The van der Waals surface area contributed by atoms with Gasteiger partial charge in [0.1, 0.15) is 5.75 Å². The number of amides is 1. The maximum Gasteiger partial charge on any atom is 0.255 e. The molecule has 1 amide bonds. The smallest absolute Gasteiger partial charge is 0.255 e. The summed E-state index contributed by atoms with van der Waals surface area (Å²) in [6.45, 7) is 4.57. The number of rotatable bonds is 2. The highest BCUT2D eigenvalue weighted by Gasteiger charge is 2.37. The van der Waals surface area contributed by atoms with E-state index in [-0.39, 0.29) is 17.7 Å². The maximum atomic E-state index is 13.0. The highest BCUT2D eigenvalue weighted by molar-refractivity contribution is 6.04. The average Bonchev–Trinajstić information content (AvgIpc) is 2.90. The molecule has 0 aromatic heterocycles. The predicted molar refractivity (Wildman–Crippen MR) is 90.4 cm³/mol. The van der Waals surface area contributed by atoms with Crippen LogP contribution in [0.5, 0.6) is 5.75 Å². The van der Waals surface area contributed by atoms with Gasteiger partial charge < -0.3 is 9.64 Å². The summed E-state index contributed by atoms with van der Waals surface area (Å²) in [5.41, 5.74) is 4.19. The van der Waals surface area contributed by atoms with Crippen molar-refractivity contribution < 1.29 is 14.3 Å². The normalized spacial score (nSPS) is 18.8. The van der Waals surface area contributed by atoms with Crippen molar-refractivity contribution in [2.45, 2.75) is 32.9 Å². The number of hydrogen-bond acceptors (Lipinski definition) is 3. The van der Waals surface area contributed by atoms with Crippen molar-refractivity contribution in [3.05, 3.63) is 64.2 Å². The zero-order chi connectivity index (χ0) is 16.8. The first-order valence-electron chi connectivity index (χ1n) is 8.23. The zero-order valence-corrected chi connectivity index (χ0v) is 13.8. The number of ether oxygens (including phenoxy) is 1. The van der Waals surface area contributed by atoms with Crippen LogP contribution in [-0.2, 0) is 6.54 Å². The Bertz CT molecular complexity index is 856. The van der Waals surface area contributed by atoms with Gasteiger partial charge in [-0.3, -0.25) is 9.59 Å². The summed E-state index contributed by atoms with van der Waals surface area (Å²) < 4.78 is 5.71. The van der Waals surface area contributed by atoms with E-state index in [1.165, 1.54) is 0 Å². The molecule has 0 radical (unpaired) electrons. The highest BCUT2D eigenvalue weighted by Crippen LogP contribution is 2.40. The standard InChI is InChI=1S/C20H19NO3/c1-12-9-15(13(2)22)17-11-21(20(23)16(17)10-12)18-7-8-24-19-6-4-3-5-14(18)19/h3-6,9-10,18H,7-8,11H2,1-2H3. The van der Waals surface area contributed by atoms with Gasteiger partial charge in [0.15, 0.2) is 5.78 Å². The molecule has 24 heavy (non-hydrogen) atoms. The second-order valence-electron chi connectivity index (χ2n) is 6.52. The molecule has 0 N–H and O–H groups in total. The second-order valence-corrected chi connectivity index (χ2v) is 6.52. The molecule has 0 saturated heterocycles. The summed E-state index contributed by atoms with van der Waals surface area (Å²) in [5.74, 6) is 0.871. The molecule has 0 fully saturated rings. The summed E-state index contributed by atoms with van der Waals surface area (Å²) in [5, 5.41) is 0. The molecule has 4 rings (SSSR count). The van der Waals surface area contributed by atoms with E-state index in [4.69, 9.17) is 4.74 Å². The molecule has 2 aromatic rings. The largest absolute Gasteiger partial charge is 0.493 e. The number of carbonyl (C=O) groups is 2. The Labute approximate surface area is 141 Å². The third-order valence-electron chi connectivity index (χ3n) is 4.90. The van der Waals surface area contributed by atoms with Gasteiger partial charge in [-0.1, -0.05) is 18.2 Å². The van der Waals surface area contributed by atoms with Gasteiger partial charge in [0.25, 0.3) is 5.91 Å². The Morgan fingerprint density at radius 1 is 1.25 bits per heavy atom. The van der Waals surface area contributed by atoms with Gasteiger partial charge in [0.05, 0.1) is 12.6 Å². The van der Waals surface area contributed by atoms with Crippen LogP contribution in [0, 0.1) is 6.92 Å². The minimum atomic E-state index is -0.00466. The first-order chi connectivity index (χ1) is 11.6. The molecular formula is C20H19NO3. The molecule has 2 aliphatic rings. The molecule has 0 spiro atoms. The fourth-order valence-corrected chi connectivity index (χ4v) is 3.79. The van der Waals surface area contributed by atoms with Gasteiger partial charge in [0.2, 0.25) is 0 Å². The third kappa shape index (κ3) is 2.21. The van der Waals surface area contributed by atoms with Gasteiger partial charge in [-0.05, 0) is 43.2 Å². The summed E-state index contributed by atoms with van der Waals surface area (Å²) >= 11 is 0. The van der Waals surface area contributed by atoms with Gasteiger partial charge in [-0.15, -0.1) is 0 Å². The molecule has 4 heteroatoms. The molecule has 2 aromatic carbocycles. The Hall–Kier alpha value is -2.62. The molecule has 0 bridgehead atoms. The molecule has 2 heterocycles. The van der Waals surface area contributed by atoms with E-state index in [1.54, 1.807) is 6.92 Å². The van der Waals surface area contributed by atoms with Crippen molar-refractivity contribution in [1.82, 2.24) is 4.90 Å². The number of Topliss-reactive ketones (excluding diaryl/α,β-unsaturated/α-hetero) is 1. The minimum Gasteiger partial charge on any atom is -0.493 e. The van der Waals surface area contributed by atoms with Crippen molar-refractivity contribution in [3.63, 3.8) is 0 Å². The van der Waals surface area contributed by atoms with Gasteiger partial charge in [-0.25, -0.2) is 0 Å². The Kier molecular flexibility index (Phi) is 3.41. The van der Waals surface area contributed by atoms with Gasteiger partial charge in [0, 0.05) is 29.7 Å². The van der Waals surface area contributed by atoms with E-state index in [1.807, 2.05) is 48.2 Å². The minimum absolute atomic E-state index is 0.00466. The number of aryl methyl sites for hydroxylation is 1. The van der Waals surface area contributed by atoms with Crippen LogP contribution in [-0.4, -0.2) is 23.2 Å². The predicted octanol–water partition coefficient (Wildman–Crippen LogP) is 3.68. The van der Waals surface area contributed by atoms with Gasteiger partial charge >= 0.3 is 0 Å². The number of fused-ring (bicyclic) bond motifs is 2. The van der Waals surface area contributed by atoms with E-state index in [9.17, 15) is 9.59 Å². The van der Waals surface area contributed by atoms with Crippen LogP contribution in [0.15, 0.2) is 36.4 Å². The average molecular weight is 321 g/mol. The summed E-state index contributed by atoms with van der Waals surface area (Å²) in [6, 6.07) is 11.7. The lowest BCUT2D eigenvalue weighted by Gasteiger charge is -2.33. The number of nitrogens with zero attached hydrogens (tertiary/aromatic N) is 1. The van der Waals surface area contributed by atoms with Crippen molar-refractivity contribution in [2.24, 2.45) is 0 Å². The summed E-state index contributed by atoms with van der Waals surface area (Å²) in [7, 11) is 0. The Balaban J connectivity index is 1.77. The molecule has 0 aliphatic carbocycles. The quantitative estimate of drug-likeness (QED) is 0.793. The lowest BCUT2D eigenvalue weighted by Crippen LogP contribution is -2.32. The Morgan fingerprint density at radius 2 is 2.04 bits per heavy atom. The topological polar surface area (TPSA) is 46.6 Å². The van der Waals surface area contributed by atoms with Crippen LogP contribution in [0.2, 0.25) is 0 Å². The molecule has 0 saturated carbocycles. The molecule has 4 nitrogen and oxygen atoms in total. The molecule has 1 atom stereocenters. The lowest BCUT2D eigenvalue weighted by atomic mass is 9.98. The van der Waals surface area contributed by atoms with Gasteiger partial charge in [-0.2, -0.15) is 0 Å². The maximum absolute atomic E-state index is 13.0. The van der Waals surface area contributed by atoms with Crippen LogP contribution in [0.3, 0.4) is 0 Å². The van der Waals surface area contributed by atoms with Crippen LogP contribution >= 0.6 is 0 Å². The van der Waals surface area contributed by atoms with E-state index in [2.05, 4.69) is 0 Å². The van der Waals surface area contributed by atoms with Crippen molar-refractivity contribution in [1.29, 1.82) is 0 Å². The molecule has 2 aliphatic heterocycles. The van der Waals surface area contributed by atoms with Crippen LogP contribution < -0.4 is 4.74 Å². The Morgan fingerprint density at radius 3 is 2.83 bits per heavy atom. The fourth-order valence-electron chi connectivity index (χ4n) is 3.79. The van der Waals surface area contributed by atoms with Crippen LogP contribution in [0.25, 0.3) is 0 Å². The van der Waals surface area contributed by atoms with Crippen molar-refractivity contribution in [3.8, 4) is 5.75 Å². The monoisotopic (exact) mass is 321 g/mol. The highest BCUT2D eigenvalue weighted by atomic mass is 16.5. The fraction of sp³-hybridized carbons (Fsp3) is 0.300. The zero-order valence-electron chi connectivity index (χ0n) is 13.8. The van der Waals surface area contributed by atoms with E-state index >= 15 is 0 Å². The summed E-state index contributed by atoms with van der Waals surface area (Å²) in [4.78, 5) is 26.9. The van der Waals surface area contributed by atoms with E-state index < -0.39 is 0 Å². The van der Waals surface area contributed by atoms with Crippen molar-refractivity contribution in [2.75, 3.05) is 6.61 Å². The molecule has 122 valence electrons. The van der Waals surface area contributed by atoms with E-state index in [0.717, 1.165) is 28.9 Å². The number of ketones is 1. The van der Waals surface area contributed by atoms with Crippen molar-refractivity contribution >= 4 is 11.7 Å². The number of hydrogen-bond donors (Lipinski definition) is 0. The first kappa shape index (κ1) is 14.9. The first-order valence-corrected chi connectivity index (χ1v) is 8.23. The molecular weight excluding hydrogens is 302 g/mol. The second kappa shape index (κ2) is 5.48. The SMILES string of the molecule is CC(=O)c1cc(C)cc2c1CN(C1CCOc3ccccc31)C2=O. The van der Waals surface area contributed by atoms with E-state index in [0.29, 0.717) is 24.3 Å². The lowest BCUT2D eigenvalue weighted by molar-refractivity contribution is 0.0647. The molecule has 1 unspecified atom stereocenters.